The van der Waals surface area contributed by atoms with Crippen LogP contribution in [-0.2, 0) is 35.5 Å². The van der Waals surface area contributed by atoms with Gasteiger partial charge in [-0.05, 0) is 60.4 Å². The van der Waals surface area contributed by atoms with Crippen molar-refractivity contribution < 1.29 is 23.1 Å². The number of nitrogens with zero attached hydrogens (tertiary/aromatic N) is 1. The van der Waals surface area contributed by atoms with Crippen molar-refractivity contribution in [3.8, 4) is 16.9 Å². The summed E-state index contributed by atoms with van der Waals surface area (Å²) in [5.41, 5.74) is 11.2. The summed E-state index contributed by atoms with van der Waals surface area (Å²) in [6, 6.07) is 14.0. The molecule has 4 aromatic rings. The molecule has 0 saturated carbocycles. The number of ether oxygens (including phenoxy) is 2. The zero-order valence-electron chi connectivity index (χ0n) is 19.3. The van der Waals surface area contributed by atoms with Crippen LogP contribution in [0.5, 0.6) is 5.75 Å². The fourth-order valence-electron chi connectivity index (χ4n) is 3.87. The van der Waals surface area contributed by atoms with E-state index in [2.05, 4.69) is 11.9 Å². The van der Waals surface area contributed by atoms with Gasteiger partial charge in [-0.15, -0.1) is 0 Å². The number of nitrogens with two attached hydrogens (primary N) is 1. The van der Waals surface area contributed by atoms with Gasteiger partial charge in [0, 0.05) is 35.3 Å². The van der Waals surface area contributed by atoms with Crippen molar-refractivity contribution in [1.29, 1.82) is 0 Å². The van der Waals surface area contributed by atoms with Gasteiger partial charge in [-0.3, -0.25) is 9.78 Å². The summed E-state index contributed by atoms with van der Waals surface area (Å²) in [4.78, 5) is 16.3. The number of carbonyl (C=O) groups excluding carboxylic acids is 1. The Hall–Kier alpha value is -3.71. The highest BCUT2D eigenvalue weighted by Crippen LogP contribution is 2.33. The molecular weight excluding hydrogens is 435 g/mol. The topological polar surface area (TPSA) is 87.6 Å². The maximum absolute atomic E-state index is 14.0. The number of furan rings is 1. The third-order valence-corrected chi connectivity index (χ3v) is 5.56. The van der Waals surface area contributed by atoms with Crippen molar-refractivity contribution in [3.05, 3.63) is 83.1 Å². The Morgan fingerprint density at radius 1 is 1.09 bits per heavy atom. The second-order valence-electron chi connectivity index (χ2n) is 7.92. The van der Waals surface area contributed by atoms with Gasteiger partial charge in [0.1, 0.15) is 17.9 Å². The lowest BCUT2D eigenvalue weighted by atomic mass is 10.0. The summed E-state index contributed by atoms with van der Waals surface area (Å²) < 4.78 is 30.6. The van der Waals surface area contributed by atoms with Gasteiger partial charge in [0.15, 0.2) is 0 Å². The number of fused-ring (bicyclic) bond motifs is 1. The Balaban J connectivity index is 1.67. The van der Waals surface area contributed by atoms with Crippen LogP contribution < -0.4 is 10.5 Å². The fraction of sp³-hybridized carbons (Fsp3) is 0.259. The van der Waals surface area contributed by atoms with E-state index in [0.717, 1.165) is 39.9 Å². The van der Waals surface area contributed by atoms with Crippen molar-refractivity contribution in [1.82, 2.24) is 4.98 Å². The van der Waals surface area contributed by atoms with E-state index in [1.54, 1.807) is 13.1 Å². The molecule has 2 aromatic heterocycles. The zero-order valence-corrected chi connectivity index (χ0v) is 19.3. The normalized spacial score (nSPS) is 11.1. The standard InChI is InChI=1S/C27H27FN2O4/c1-3-17-5-6-20(14-26(31)32-4-2)24(11-17)33-16-18-9-21-13-25(28)34-27(21)23(10-18)19-7-8-30-22(12-19)15-29/h5-13H,3-4,14-16,29H2,1-2H3. The summed E-state index contributed by atoms with van der Waals surface area (Å²) >= 11 is 0. The maximum Gasteiger partial charge on any atom is 0.310 e. The largest absolute Gasteiger partial charge is 0.489 e. The van der Waals surface area contributed by atoms with Gasteiger partial charge in [0.05, 0.1) is 18.7 Å². The molecule has 0 atom stereocenters. The Morgan fingerprint density at radius 2 is 1.94 bits per heavy atom. The molecule has 0 unspecified atom stereocenters. The quantitative estimate of drug-likeness (QED) is 0.338. The van der Waals surface area contributed by atoms with Crippen LogP contribution in [0.25, 0.3) is 22.1 Å². The van der Waals surface area contributed by atoms with E-state index in [-0.39, 0.29) is 19.0 Å². The maximum atomic E-state index is 14.0. The van der Waals surface area contributed by atoms with Crippen LogP contribution in [0.1, 0.15) is 36.2 Å². The third kappa shape index (κ3) is 5.26. The first-order valence-electron chi connectivity index (χ1n) is 11.3. The summed E-state index contributed by atoms with van der Waals surface area (Å²) in [6.07, 6.45) is 2.64. The van der Waals surface area contributed by atoms with E-state index < -0.39 is 6.01 Å². The lowest BCUT2D eigenvalue weighted by molar-refractivity contribution is -0.142. The minimum absolute atomic E-state index is 0.128. The van der Waals surface area contributed by atoms with Gasteiger partial charge >= 0.3 is 5.97 Å². The van der Waals surface area contributed by atoms with Crippen LogP contribution in [0, 0.1) is 6.01 Å². The molecular formula is C27H27FN2O4. The Bertz CT molecular complexity index is 1320. The van der Waals surface area contributed by atoms with Crippen LogP contribution in [0.3, 0.4) is 0 Å². The Labute approximate surface area is 197 Å². The third-order valence-electron chi connectivity index (χ3n) is 5.56. The van der Waals surface area contributed by atoms with Crippen LogP contribution in [0.2, 0.25) is 0 Å². The smallest absolute Gasteiger partial charge is 0.310 e. The second kappa shape index (κ2) is 10.5. The summed E-state index contributed by atoms with van der Waals surface area (Å²) in [5, 5.41) is 0.633. The van der Waals surface area contributed by atoms with E-state index in [1.165, 1.54) is 6.07 Å². The molecule has 0 bridgehead atoms. The highest BCUT2D eigenvalue weighted by atomic mass is 19.1. The van der Waals surface area contributed by atoms with Crippen molar-refractivity contribution in [2.75, 3.05) is 6.61 Å². The molecule has 7 heteroatoms. The number of pyridine rings is 1. The number of halogens is 1. The van der Waals surface area contributed by atoms with E-state index >= 15 is 0 Å². The Morgan fingerprint density at radius 3 is 2.71 bits per heavy atom. The molecule has 0 spiro atoms. The molecule has 2 N–H and O–H groups in total. The first-order chi connectivity index (χ1) is 16.5. The second-order valence-corrected chi connectivity index (χ2v) is 7.92. The number of esters is 1. The van der Waals surface area contributed by atoms with Crippen LogP contribution >= 0.6 is 0 Å². The molecule has 2 heterocycles. The Kier molecular flexibility index (Phi) is 7.23. The van der Waals surface area contributed by atoms with Gasteiger partial charge in [-0.2, -0.15) is 4.39 Å². The molecule has 0 aliphatic heterocycles. The average molecular weight is 463 g/mol. The number of carbonyl (C=O) groups is 1. The molecule has 2 aromatic carbocycles. The van der Waals surface area contributed by atoms with Gasteiger partial charge in [0.2, 0.25) is 0 Å². The van der Waals surface area contributed by atoms with E-state index in [4.69, 9.17) is 19.6 Å². The molecule has 0 radical (unpaired) electrons. The molecule has 4 rings (SSSR count). The van der Waals surface area contributed by atoms with Crippen LogP contribution in [-0.4, -0.2) is 17.6 Å². The zero-order chi connectivity index (χ0) is 24.1. The monoisotopic (exact) mass is 462 g/mol. The molecule has 6 nitrogen and oxygen atoms in total. The van der Waals surface area contributed by atoms with Crippen molar-refractivity contribution in [2.45, 2.75) is 39.8 Å². The average Bonchev–Trinajstić information content (AvgIpc) is 3.23. The van der Waals surface area contributed by atoms with Crippen molar-refractivity contribution in [2.24, 2.45) is 5.73 Å². The summed E-state index contributed by atoms with van der Waals surface area (Å²) in [5.74, 6) is 0.323. The molecule has 0 aliphatic rings. The highest BCUT2D eigenvalue weighted by molar-refractivity contribution is 5.93. The van der Waals surface area contributed by atoms with E-state index in [9.17, 15) is 9.18 Å². The molecule has 34 heavy (non-hydrogen) atoms. The summed E-state index contributed by atoms with van der Waals surface area (Å²) in [7, 11) is 0. The number of hydrogen-bond acceptors (Lipinski definition) is 6. The first kappa shape index (κ1) is 23.4. The van der Waals surface area contributed by atoms with Gasteiger partial charge < -0.3 is 19.6 Å². The predicted molar refractivity (Wildman–Crippen MR) is 128 cm³/mol. The predicted octanol–water partition coefficient (Wildman–Crippen LogP) is 5.34. The van der Waals surface area contributed by atoms with Crippen LogP contribution in [0.15, 0.2) is 59.1 Å². The van der Waals surface area contributed by atoms with E-state index in [1.807, 2.05) is 42.5 Å². The minimum Gasteiger partial charge on any atom is -0.489 e. The lowest BCUT2D eigenvalue weighted by Gasteiger charge is -2.14. The number of aromatic nitrogens is 1. The number of hydrogen-bond donors (Lipinski definition) is 1. The summed E-state index contributed by atoms with van der Waals surface area (Å²) in [6.45, 7) is 4.69. The first-order valence-corrected chi connectivity index (χ1v) is 11.3. The number of rotatable bonds is 9. The minimum atomic E-state index is -0.658. The SMILES string of the molecule is CCOC(=O)Cc1ccc(CC)cc1OCc1cc(-c2ccnc(CN)c2)c2oc(F)cc2c1. The molecule has 0 amide bonds. The van der Waals surface area contributed by atoms with Gasteiger partial charge in [0.25, 0.3) is 6.01 Å². The van der Waals surface area contributed by atoms with E-state index in [0.29, 0.717) is 29.9 Å². The van der Waals surface area contributed by atoms with Gasteiger partial charge in [-0.1, -0.05) is 19.1 Å². The van der Waals surface area contributed by atoms with Crippen LogP contribution in [0.4, 0.5) is 4.39 Å². The van der Waals surface area contributed by atoms with Crippen molar-refractivity contribution >= 4 is 16.9 Å². The fourth-order valence-corrected chi connectivity index (χ4v) is 3.87. The lowest BCUT2D eigenvalue weighted by Crippen LogP contribution is -2.09. The molecule has 176 valence electrons. The highest BCUT2D eigenvalue weighted by Gasteiger charge is 2.15. The van der Waals surface area contributed by atoms with Crippen molar-refractivity contribution in [3.63, 3.8) is 0 Å². The number of aryl methyl sites for hydroxylation is 1. The molecule has 0 aliphatic carbocycles. The molecule has 0 saturated heterocycles. The van der Waals surface area contributed by atoms with Gasteiger partial charge in [-0.25, -0.2) is 0 Å². The molecule has 0 fully saturated rings. The number of benzene rings is 2.